The van der Waals surface area contributed by atoms with Crippen molar-refractivity contribution in [3.8, 4) is 11.5 Å². The van der Waals surface area contributed by atoms with Crippen LogP contribution in [-0.4, -0.2) is 64.5 Å². The van der Waals surface area contributed by atoms with Gasteiger partial charge >= 0.3 is 5.97 Å². The van der Waals surface area contributed by atoms with Gasteiger partial charge in [-0.25, -0.2) is 4.79 Å². The number of benzene rings is 2. The molecule has 39 heavy (non-hydrogen) atoms. The molecule has 0 unspecified atom stereocenters. The summed E-state index contributed by atoms with van der Waals surface area (Å²) in [6, 6.07) is 9.02. The lowest BCUT2D eigenvalue weighted by molar-refractivity contribution is -0.239. The first kappa shape index (κ1) is 28.1. The first-order valence-corrected chi connectivity index (χ1v) is 12.3. The van der Waals surface area contributed by atoms with E-state index in [4.69, 9.17) is 18.6 Å². The maximum Gasteiger partial charge on any atom is 0.331 e. The Morgan fingerprint density at radius 1 is 1.10 bits per heavy atom. The second-order valence-electron chi connectivity index (χ2n) is 9.11. The maximum atomic E-state index is 13.1. The summed E-state index contributed by atoms with van der Waals surface area (Å²) < 4.78 is 23.2. The number of hydrogen-bond acceptors (Lipinski definition) is 10. The van der Waals surface area contributed by atoms with Gasteiger partial charge in [-0.2, -0.15) is 0 Å². The fourth-order valence-corrected chi connectivity index (χ4v) is 4.60. The lowest BCUT2D eigenvalue weighted by Gasteiger charge is -2.42. The molecule has 10 nitrogen and oxygen atoms in total. The predicted molar refractivity (Wildman–Crippen MR) is 142 cm³/mol. The number of aromatic hydroxyl groups is 1. The van der Waals surface area contributed by atoms with E-state index in [1.807, 2.05) is 0 Å². The third-order valence-electron chi connectivity index (χ3n) is 6.48. The molecule has 1 aliphatic heterocycles. The van der Waals surface area contributed by atoms with Gasteiger partial charge in [0.15, 0.2) is 11.5 Å². The number of rotatable bonds is 7. The molecule has 1 fully saturated rings. The molecule has 10 heteroatoms. The van der Waals surface area contributed by atoms with Crippen LogP contribution in [0.1, 0.15) is 35.5 Å². The highest BCUT2D eigenvalue weighted by molar-refractivity contribution is 5.88. The number of fused-ring (bicyclic) bond motifs is 1. The van der Waals surface area contributed by atoms with Gasteiger partial charge in [-0.15, -0.1) is 0 Å². The summed E-state index contributed by atoms with van der Waals surface area (Å²) >= 11 is 0. The zero-order valence-corrected chi connectivity index (χ0v) is 21.6. The summed E-state index contributed by atoms with van der Waals surface area (Å²) in [5.74, 6) is -0.311. The second kappa shape index (κ2) is 11.8. The Kier molecular flexibility index (Phi) is 8.51. The van der Waals surface area contributed by atoms with Gasteiger partial charge in [0.1, 0.15) is 47.3 Å². The number of phenolic OH excluding ortho intramolecular Hbond substituents is 1. The Bertz CT molecular complexity index is 1450. The molecule has 206 valence electrons. The average molecular weight is 539 g/mol. The number of aliphatic hydroxyl groups is 3. The Balaban J connectivity index is 1.83. The topological polar surface area (TPSA) is 156 Å². The van der Waals surface area contributed by atoms with Crippen LogP contribution in [0.15, 0.2) is 57.8 Å². The molecule has 5 atom stereocenters. The molecular weight excluding hydrogens is 508 g/mol. The zero-order chi connectivity index (χ0) is 28.3. The molecule has 4 rings (SSSR count). The molecule has 1 aromatic heterocycles. The predicted octanol–water partition coefficient (Wildman–Crippen LogP) is 2.63. The van der Waals surface area contributed by atoms with Gasteiger partial charge in [0, 0.05) is 12.1 Å². The quantitative estimate of drug-likeness (QED) is 0.261. The normalized spacial score (nSPS) is 23.5. The number of aryl methyl sites for hydroxylation is 1. The van der Waals surface area contributed by atoms with Crippen LogP contribution >= 0.6 is 0 Å². The summed E-state index contributed by atoms with van der Waals surface area (Å²) in [6.07, 6.45) is -1.40. The maximum absolute atomic E-state index is 13.1. The van der Waals surface area contributed by atoms with Crippen LogP contribution in [0.3, 0.4) is 0 Å². The second-order valence-corrected chi connectivity index (χ2v) is 9.11. The van der Waals surface area contributed by atoms with E-state index < -0.39 is 43.1 Å². The minimum atomic E-state index is -1.67. The van der Waals surface area contributed by atoms with E-state index in [0.29, 0.717) is 11.1 Å². The van der Waals surface area contributed by atoms with Crippen LogP contribution in [0.4, 0.5) is 0 Å². The minimum absolute atomic E-state index is 0.0657. The number of phenols is 1. The minimum Gasteiger partial charge on any atom is -0.508 e. The standard InChI is InChI=1S/C29H30O10/c1-4-5-18-13-19(32)23-15(2)12-20(36-3)24(27(23)37-18)28-29(26(35)25(34)21(14-30)38-28)39-22(33)11-8-16-6-9-17(31)10-7-16/h4-13,21,25-26,28-31,34-35H,14H2,1-3H3/b5-4+,11-8+/t21-,25-,26-,28+,29-/m1/s1. The Labute approximate surface area is 224 Å². The molecule has 1 saturated heterocycles. The largest absolute Gasteiger partial charge is 0.508 e. The van der Waals surface area contributed by atoms with E-state index in [-0.39, 0.29) is 39.2 Å². The van der Waals surface area contributed by atoms with Gasteiger partial charge < -0.3 is 39.1 Å². The van der Waals surface area contributed by atoms with E-state index in [9.17, 15) is 30.0 Å². The zero-order valence-electron chi connectivity index (χ0n) is 21.6. The SMILES string of the molecule is C/C=C/c1cc(=O)c2c(C)cc(OC)c([C@@H]3O[C@H](CO)[C@@H](O)[C@@H](O)[C@H]3OC(=O)/C=C/c3ccc(O)cc3)c2o1. The van der Waals surface area contributed by atoms with Crippen LogP contribution in [0.25, 0.3) is 23.1 Å². The van der Waals surface area contributed by atoms with Crippen molar-refractivity contribution in [3.05, 3.63) is 81.2 Å². The van der Waals surface area contributed by atoms with Gasteiger partial charge in [0.25, 0.3) is 0 Å². The van der Waals surface area contributed by atoms with Gasteiger partial charge in [0.05, 0.1) is 24.7 Å². The first-order chi connectivity index (χ1) is 18.7. The van der Waals surface area contributed by atoms with Crippen molar-refractivity contribution in [1.29, 1.82) is 0 Å². The van der Waals surface area contributed by atoms with Crippen LogP contribution in [-0.2, 0) is 14.3 Å². The lowest BCUT2D eigenvalue weighted by atomic mass is 9.89. The number of ether oxygens (including phenoxy) is 3. The van der Waals surface area contributed by atoms with E-state index in [0.717, 1.165) is 6.08 Å². The van der Waals surface area contributed by atoms with E-state index in [1.54, 1.807) is 44.2 Å². The van der Waals surface area contributed by atoms with Crippen molar-refractivity contribution in [3.63, 3.8) is 0 Å². The van der Waals surface area contributed by atoms with Crippen LogP contribution in [0.2, 0.25) is 0 Å². The number of carbonyl (C=O) groups excluding carboxylic acids is 1. The van der Waals surface area contributed by atoms with Gasteiger partial charge in [0.2, 0.25) is 0 Å². The third-order valence-corrected chi connectivity index (χ3v) is 6.48. The highest BCUT2D eigenvalue weighted by atomic mass is 16.6. The van der Waals surface area contributed by atoms with Crippen molar-refractivity contribution in [2.24, 2.45) is 0 Å². The number of methoxy groups -OCH3 is 1. The number of esters is 1. The third kappa shape index (κ3) is 5.74. The first-order valence-electron chi connectivity index (χ1n) is 12.3. The highest BCUT2D eigenvalue weighted by Crippen LogP contribution is 2.43. The number of aliphatic hydroxyl groups excluding tert-OH is 3. The van der Waals surface area contributed by atoms with Crippen molar-refractivity contribution < 1.29 is 43.8 Å². The average Bonchev–Trinajstić information content (AvgIpc) is 2.91. The van der Waals surface area contributed by atoms with Crippen molar-refractivity contribution in [2.45, 2.75) is 44.4 Å². The molecule has 4 N–H and O–H groups in total. The van der Waals surface area contributed by atoms with Crippen LogP contribution < -0.4 is 10.2 Å². The molecule has 0 bridgehead atoms. The fraction of sp³-hybridized carbons (Fsp3) is 0.310. The number of hydrogen-bond donors (Lipinski definition) is 4. The van der Waals surface area contributed by atoms with Crippen LogP contribution in [0.5, 0.6) is 11.5 Å². The van der Waals surface area contributed by atoms with Gasteiger partial charge in [-0.1, -0.05) is 18.2 Å². The molecule has 0 saturated carbocycles. The summed E-state index contributed by atoms with van der Waals surface area (Å²) in [7, 11) is 1.40. The van der Waals surface area contributed by atoms with Crippen molar-refractivity contribution in [2.75, 3.05) is 13.7 Å². The molecule has 1 aliphatic rings. The van der Waals surface area contributed by atoms with E-state index in [1.165, 1.54) is 31.4 Å². The van der Waals surface area contributed by atoms with Crippen LogP contribution in [0, 0.1) is 6.92 Å². The van der Waals surface area contributed by atoms with Crippen molar-refractivity contribution >= 4 is 29.1 Å². The fourth-order valence-electron chi connectivity index (χ4n) is 4.60. The Hall–Kier alpha value is -3.96. The molecule has 2 heterocycles. The lowest BCUT2D eigenvalue weighted by Crippen LogP contribution is -2.56. The molecule has 3 aromatic rings. The molecule has 0 radical (unpaired) electrons. The number of allylic oxidation sites excluding steroid dienone is 1. The van der Waals surface area contributed by atoms with Gasteiger partial charge in [-0.05, 0) is 55.3 Å². The number of carbonyl (C=O) groups is 1. The summed E-state index contributed by atoms with van der Waals surface area (Å²) in [4.78, 5) is 25.9. The smallest absolute Gasteiger partial charge is 0.331 e. The molecule has 2 aromatic carbocycles. The highest BCUT2D eigenvalue weighted by Gasteiger charge is 2.48. The monoisotopic (exact) mass is 538 g/mol. The summed E-state index contributed by atoms with van der Waals surface area (Å²) in [6.45, 7) is 2.83. The Morgan fingerprint density at radius 2 is 1.82 bits per heavy atom. The summed E-state index contributed by atoms with van der Waals surface area (Å²) in [5, 5.41) is 41.1. The molecule has 0 aliphatic carbocycles. The van der Waals surface area contributed by atoms with Crippen molar-refractivity contribution in [1.82, 2.24) is 0 Å². The van der Waals surface area contributed by atoms with E-state index >= 15 is 0 Å². The molecule has 0 amide bonds. The molecular formula is C29H30O10. The van der Waals surface area contributed by atoms with Gasteiger partial charge in [-0.3, -0.25) is 4.79 Å². The molecule has 0 spiro atoms. The summed E-state index contributed by atoms with van der Waals surface area (Å²) in [5.41, 5.74) is 1.11. The van der Waals surface area contributed by atoms with E-state index in [2.05, 4.69) is 0 Å². The Morgan fingerprint density at radius 3 is 2.46 bits per heavy atom.